The van der Waals surface area contributed by atoms with Crippen LogP contribution in [0, 0.1) is 0 Å². The SMILES string of the molecule is CCCCCCCCCc1c(OP(O)O)ccc(-c2ccc(C(C)(C)C)cc2)c1-c1ccc(C(C)(C)C)cc1. The fourth-order valence-electron chi connectivity index (χ4n) is 5.17. The molecule has 3 nitrogen and oxygen atoms in total. The Morgan fingerprint density at radius 2 is 1.10 bits per heavy atom. The third-order valence-electron chi connectivity index (χ3n) is 7.58. The molecular formula is C35H49O3P. The number of hydrogen-bond donors (Lipinski definition) is 2. The summed E-state index contributed by atoms with van der Waals surface area (Å²) in [5.41, 5.74) is 8.35. The average molecular weight is 549 g/mol. The summed E-state index contributed by atoms with van der Waals surface area (Å²) in [5, 5.41) is 0. The van der Waals surface area contributed by atoms with Gasteiger partial charge in [0.1, 0.15) is 5.75 Å². The Bertz CT molecular complexity index is 1170. The van der Waals surface area contributed by atoms with Crippen molar-refractivity contribution < 1.29 is 14.3 Å². The third-order valence-corrected chi connectivity index (χ3v) is 7.94. The zero-order chi connectivity index (χ0) is 28.6. The van der Waals surface area contributed by atoms with Crippen LogP contribution < -0.4 is 4.52 Å². The molecule has 0 radical (unpaired) electrons. The summed E-state index contributed by atoms with van der Waals surface area (Å²) in [5.74, 6) is 0.571. The minimum absolute atomic E-state index is 0.0688. The quantitative estimate of drug-likeness (QED) is 0.175. The van der Waals surface area contributed by atoms with Gasteiger partial charge in [-0.15, -0.1) is 0 Å². The third kappa shape index (κ3) is 8.90. The van der Waals surface area contributed by atoms with E-state index in [4.69, 9.17) is 4.52 Å². The molecule has 3 aromatic carbocycles. The van der Waals surface area contributed by atoms with Crippen molar-refractivity contribution in [1.82, 2.24) is 0 Å². The minimum atomic E-state index is -2.50. The van der Waals surface area contributed by atoms with Gasteiger partial charge in [-0.2, -0.15) is 0 Å². The van der Waals surface area contributed by atoms with Crippen molar-refractivity contribution in [2.75, 3.05) is 0 Å². The first-order valence-corrected chi connectivity index (χ1v) is 15.8. The smallest absolute Gasteiger partial charge is 0.391 e. The number of benzene rings is 3. The monoisotopic (exact) mass is 548 g/mol. The van der Waals surface area contributed by atoms with Gasteiger partial charge in [-0.25, -0.2) is 0 Å². The Balaban J connectivity index is 2.09. The predicted molar refractivity (Wildman–Crippen MR) is 168 cm³/mol. The maximum Gasteiger partial charge on any atom is 0.391 e. The van der Waals surface area contributed by atoms with Gasteiger partial charge in [-0.05, 0) is 63.1 Å². The zero-order valence-corrected chi connectivity index (χ0v) is 26.1. The van der Waals surface area contributed by atoms with Crippen LogP contribution in [0.1, 0.15) is 110 Å². The highest BCUT2D eigenvalue weighted by molar-refractivity contribution is 7.39. The standard InChI is InChI=1S/C35H49O3P/c1-8-9-10-11-12-13-14-15-31-32(38-39(36)37)25-24-30(26-16-20-28(21-17-26)34(2,3)4)33(31)27-18-22-29(23-19-27)35(5,6)7/h16-25,36-37H,8-15H2,1-7H3. The van der Waals surface area contributed by atoms with Crippen molar-refractivity contribution in [3.05, 3.63) is 77.4 Å². The molecule has 3 rings (SSSR count). The molecule has 0 saturated carbocycles. The lowest BCUT2D eigenvalue weighted by Gasteiger charge is -2.23. The van der Waals surface area contributed by atoms with E-state index < -0.39 is 8.60 Å². The van der Waals surface area contributed by atoms with E-state index in [0.717, 1.165) is 47.1 Å². The molecule has 0 aliphatic rings. The van der Waals surface area contributed by atoms with Gasteiger partial charge in [0.15, 0.2) is 0 Å². The first kappa shape index (κ1) is 31.3. The van der Waals surface area contributed by atoms with E-state index in [1.165, 1.54) is 43.2 Å². The van der Waals surface area contributed by atoms with Gasteiger partial charge in [0.25, 0.3) is 0 Å². The lowest BCUT2D eigenvalue weighted by Crippen LogP contribution is -2.10. The van der Waals surface area contributed by atoms with Crippen LogP contribution >= 0.6 is 8.60 Å². The van der Waals surface area contributed by atoms with Crippen LogP contribution in [0.25, 0.3) is 22.3 Å². The van der Waals surface area contributed by atoms with Crippen molar-refractivity contribution in [2.24, 2.45) is 0 Å². The predicted octanol–water partition coefficient (Wildman–Crippen LogP) is 10.5. The second-order valence-electron chi connectivity index (χ2n) is 12.8. The van der Waals surface area contributed by atoms with Crippen molar-refractivity contribution in [1.29, 1.82) is 0 Å². The molecule has 0 fully saturated rings. The van der Waals surface area contributed by atoms with E-state index in [0.29, 0.717) is 5.75 Å². The van der Waals surface area contributed by atoms with Gasteiger partial charge in [-0.3, -0.25) is 0 Å². The molecule has 0 bridgehead atoms. The molecule has 212 valence electrons. The van der Waals surface area contributed by atoms with E-state index in [1.807, 2.05) is 6.07 Å². The molecule has 0 spiro atoms. The molecule has 3 aromatic rings. The summed E-state index contributed by atoms with van der Waals surface area (Å²) in [7, 11) is -2.50. The van der Waals surface area contributed by atoms with Gasteiger partial charge in [-0.1, -0.05) is 142 Å². The van der Waals surface area contributed by atoms with Gasteiger partial charge in [0, 0.05) is 5.56 Å². The van der Waals surface area contributed by atoms with E-state index >= 15 is 0 Å². The summed E-state index contributed by atoms with van der Waals surface area (Å²) in [6.45, 7) is 15.6. The summed E-state index contributed by atoms with van der Waals surface area (Å²) in [6, 6.07) is 21.7. The molecule has 0 atom stereocenters. The normalized spacial score (nSPS) is 12.3. The van der Waals surface area contributed by atoms with Crippen molar-refractivity contribution in [3.8, 4) is 28.0 Å². The zero-order valence-electron chi connectivity index (χ0n) is 25.2. The number of rotatable bonds is 12. The van der Waals surface area contributed by atoms with Crippen LogP contribution in [0.15, 0.2) is 60.7 Å². The van der Waals surface area contributed by atoms with Crippen LogP contribution in [-0.4, -0.2) is 9.79 Å². The first-order chi connectivity index (χ1) is 18.4. The van der Waals surface area contributed by atoms with Gasteiger partial charge in [0.2, 0.25) is 0 Å². The molecule has 0 aromatic heterocycles. The molecule has 0 unspecified atom stereocenters. The fraction of sp³-hybridized carbons (Fsp3) is 0.486. The van der Waals surface area contributed by atoms with Gasteiger partial charge < -0.3 is 14.3 Å². The minimum Gasteiger partial charge on any atom is -0.427 e. The van der Waals surface area contributed by atoms with Crippen molar-refractivity contribution in [3.63, 3.8) is 0 Å². The lowest BCUT2D eigenvalue weighted by atomic mass is 9.83. The molecule has 0 amide bonds. The average Bonchev–Trinajstić information content (AvgIpc) is 2.87. The van der Waals surface area contributed by atoms with E-state index in [1.54, 1.807) is 0 Å². The van der Waals surface area contributed by atoms with Crippen LogP contribution in [0.5, 0.6) is 5.75 Å². The van der Waals surface area contributed by atoms with Crippen LogP contribution in [0.2, 0.25) is 0 Å². The largest absolute Gasteiger partial charge is 0.427 e. The topological polar surface area (TPSA) is 49.7 Å². The lowest BCUT2D eigenvalue weighted by molar-refractivity contribution is 0.373. The molecule has 39 heavy (non-hydrogen) atoms. The molecule has 0 saturated heterocycles. The summed E-state index contributed by atoms with van der Waals surface area (Å²) < 4.78 is 5.63. The molecule has 4 heteroatoms. The van der Waals surface area contributed by atoms with Crippen LogP contribution in [-0.2, 0) is 17.3 Å². The second kappa shape index (κ2) is 13.9. The molecular weight excluding hydrogens is 499 g/mol. The molecule has 0 aliphatic carbocycles. The Labute approximate surface area is 238 Å². The van der Waals surface area contributed by atoms with Crippen molar-refractivity contribution >= 4 is 8.60 Å². The van der Waals surface area contributed by atoms with E-state index in [-0.39, 0.29) is 10.8 Å². The van der Waals surface area contributed by atoms with Gasteiger partial charge in [0.05, 0.1) is 0 Å². The Hall–Kier alpha value is -2.19. The number of unbranched alkanes of at least 4 members (excludes halogenated alkanes) is 6. The van der Waals surface area contributed by atoms with E-state index in [2.05, 4.69) is 103 Å². The Morgan fingerprint density at radius 3 is 1.59 bits per heavy atom. The highest BCUT2D eigenvalue weighted by Gasteiger charge is 2.21. The summed E-state index contributed by atoms with van der Waals surface area (Å²) >= 11 is 0. The molecule has 0 aliphatic heterocycles. The number of hydrogen-bond acceptors (Lipinski definition) is 3. The van der Waals surface area contributed by atoms with Crippen LogP contribution in [0.4, 0.5) is 0 Å². The summed E-state index contributed by atoms with van der Waals surface area (Å²) in [4.78, 5) is 19.6. The maximum atomic E-state index is 9.80. The van der Waals surface area contributed by atoms with Gasteiger partial charge >= 0.3 is 8.60 Å². The maximum absolute atomic E-state index is 9.80. The molecule has 2 N–H and O–H groups in total. The van der Waals surface area contributed by atoms with Crippen molar-refractivity contribution in [2.45, 2.75) is 111 Å². The Morgan fingerprint density at radius 1 is 0.615 bits per heavy atom. The second-order valence-corrected chi connectivity index (χ2v) is 13.5. The molecule has 0 heterocycles. The van der Waals surface area contributed by atoms with Crippen LogP contribution in [0.3, 0.4) is 0 Å². The highest BCUT2D eigenvalue weighted by atomic mass is 31.2. The summed E-state index contributed by atoms with van der Waals surface area (Å²) in [6.07, 6.45) is 9.39. The first-order valence-electron chi connectivity index (χ1n) is 14.7. The van der Waals surface area contributed by atoms with E-state index in [9.17, 15) is 9.79 Å². The Kier molecular flexibility index (Phi) is 11.2. The highest BCUT2D eigenvalue weighted by Crippen LogP contribution is 2.44. The fourth-order valence-corrected chi connectivity index (χ4v) is 5.51.